The minimum Gasteiger partial charge on any atom is -0.368 e. The van der Waals surface area contributed by atoms with E-state index in [0.717, 1.165) is 12.1 Å². The zero-order valence-corrected chi connectivity index (χ0v) is 13.7. The van der Waals surface area contributed by atoms with Crippen LogP contribution in [-0.2, 0) is 15.8 Å². The molecule has 0 bridgehead atoms. The summed E-state index contributed by atoms with van der Waals surface area (Å²) in [6.45, 7) is 0. The highest BCUT2D eigenvalue weighted by molar-refractivity contribution is 5.90. The van der Waals surface area contributed by atoms with Gasteiger partial charge in [-0.05, 0) is 35.6 Å². The fourth-order valence-electron chi connectivity index (χ4n) is 2.99. The topological polar surface area (TPSA) is 72.2 Å². The second-order valence-corrected chi connectivity index (χ2v) is 6.32. The highest BCUT2D eigenvalue weighted by Gasteiger charge is 2.45. The average Bonchev–Trinajstić information content (AvgIpc) is 3.40. The van der Waals surface area contributed by atoms with Crippen molar-refractivity contribution in [3.8, 4) is 0 Å². The number of benzene rings is 2. The molecule has 1 aliphatic carbocycles. The monoisotopic (exact) mass is 362 g/mol. The van der Waals surface area contributed by atoms with Crippen molar-refractivity contribution in [3.05, 3.63) is 71.3 Å². The maximum absolute atomic E-state index is 12.6. The molecule has 0 aromatic heterocycles. The van der Waals surface area contributed by atoms with Crippen molar-refractivity contribution >= 4 is 11.8 Å². The van der Waals surface area contributed by atoms with E-state index in [9.17, 15) is 22.8 Å². The number of nitrogens with two attached hydrogens (primary N) is 1. The second kappa shape index (κ2) is 6.82. The van der Waals surface area contributed by atoms with Crippen LogP contribution in [0.15, 0.2) is 54.6 Å². The van der Waals surface area contributed by atoms with Crippen molar-refractivity contribution in [2.24, 2.45) is 11.7 Å². The third-order valence-electron chi connectivity index (χ3n) is 4.50. The van der Waals surface area contributed by atoms with Crippen LogP contribution in [0, 0.1) is 5.92 Å². The highest BCUT2D eigenvalue weighted by Crippen LogP contribution is 2.48. The van der Waals surface area contributed by atoms with Crippen LogP contribution < -0.4 is 11.1 Å². The number of carbonyl (C=O) groups excluding carboxylic acids is 2. The van der Waals surface area contributed by atoms with Crippen LogP contribution in [0.2, 0.25) is 0 Å². The Morgan fingerprint density at radius 3 is 2.19 bits per heavy atom. The van der Waals surface area contributed by atoms with Gasteiger partial charge in [-0.25, -0.2) is 0 Å². The normalized spacial score (nSPS) is 20.3. The molecule has 1 aliphatic rings. The number of amides is 2. The van der Waals surface area contributed by atoms with Gasteiger partial charge in [0.1, 0.15) is 6.04 Å². The number of hydrogen-bond acceptors (Lipinski definition) is 2. The van der Waals surface area contributed by atoms with Crippen molar-refractivity contribution in [2.75, 3.05) is 0 Å². The number of carbonyl (C=O) groups is 2. The third-order valence-corrected chi connectivity index (χ3v) is 4.50. The highest BCUT2D eigenvalue weighted by atomic mass is 19.4. The van der Waals surface area contributed by atoms with Crippen LogP contribution in [0.4, 0.5) is 13.2 Å². The summed E-state index contributed by atoms with van der Waals surface area (Å²) in [5.41, 5.74) is 5.92. The summed E-state index contributed by atoms with van der Waals surface area (Å²) in [5.74, 6) is -1.53. The number of rotatable bonds is 5. The number of nitrogens with one attached hydrogen (secondary N) is 1. The summed E-state index contributed by atoms with van der Waals surface area (Å²) in [6, 6.07) is 12.5. The summed E-state index contributed by atoms with van der Waals surface area (Å²) in [6.07, 6.45) is -3.86. The number of alkyl halides is 3. The predicted octanol–water partition coefficient (Wildman–Crippen LogP) is 3.15. The van der Waals surface area contributed by atoms with Crippen molar-refractivity contribution in [1.82, 2.24) is 5.32 Å². The van der Waals surface area contributed by atoms with Crippen LogP contribution in [0.5, 0.6) is 0 Å². The van der Waals surface area contributed by atoms with E-state index in [-0.39, 0.29) is 17.7 Å². The molecule has 3 atom stereocenters. The van der Waals surface area contributed by atoms with Gasteiger partial charge in [-0.3, -0.25) is 9.59 Å². The molecule has 0 aliphatic heterocycles. The lowest BCUT2D eigenvalue weighted by Gasteiger charge is -2.16. The van der Waals surface area contributed by atoms with Gasteiger partial charge in [-0.15, -0.1) is 0 Å². The first-order valence-corrected chi connectivity index (χ1v) is 8.09. The Balaban J connectivity index is 1.66. The Kier molecular flexibility index (Phi) is 4.71. The largest absolute Gasteiger partial charge is 0.416 e. The summed E-state index contributed by atoms with van der Waals surface area (Å²) in [7, 11) is 0. The van der Waals surface area contributed by atoms with E-state index < -0.39 is 23.7 Å². The fourth-order valence-corrected chi connectivity index (χ4v) is 2.99. The molecule has 4 nitrogen and oxygen atoms in total. The van der Waals surface area contributed by atoms with Crippen molar-refractivity contribution in [3.63, 3.8) is 0 Å². The summed E-state index contributed by atoms with van der Waals surface area (Å²) < 4.78 is 37.8. The Morgan fingerprint density at radius 2 is 1.65 bits per heavy atom. The third kappa shape index (κ3) is 3.87. The predicted molar refractivity (Wildman–Crippen MR) is 88.8 cm³/mol. The lowest BCUT2D eigenvalue weighted by atomic mass is 10.0. The summed E-state index contributed by atoms with van der Waals surface area (Å²) >= 11 is 0. The smallest absolute Gasteiger partial charge is 0.368 e. The van der Waals surface area contributed by atoms with E-state index in [1.807, 2.05) is 0 Å². The quantitative estimate of drug-likeness (QED) is 0.858. The Bertz CT molecular complexity index is 804. The molecule has 1 saturated carbocycles. The summed E-state index contributed by atoms with van der Waals surface area (Å²) in [4.78, 5) is 24.1. The first-order chi connectivity index (χ1) is 12.3. The van der Waals surface area contributed by atoms with Crippen LogP contribution in [0.25, 0.3) is 0 Å². The molecule has 136 valence electrons. The van der Waals surface area contributed by atoms with Gasteiger partial charge in [0.2, 0.25) is 11.8 Å². The van der Waals surface area contributed by atoms with E-state index >= 15 is 0 Å². The molecular weight excluding hydrogens is 345 g/mol. The van der Waals surface area contributed by atoms with Crippen LogP contribution in [0.3, 0.4) is 0 Å². The van der Waals surface area contributed by atoms with Gasteiger partial charge in [-0.1, -0.05) is 42.5 Å². The fraction of sp³-hybridized carbons (Fsp3) is 0.263. The number of halogens is 3. The average molecular weight is 362 g/mol. The minimum absolute atomic E-state index is 0.151. The van der Waals surface area contributed by atoms with Gasteiger partial charge in [0.15, 0.2) is 0 Å². The molecule has 2 aromatic rings. The van der Waals surface area contributed by atoms with E-state index in [1.165, 1.54) is 12.1 Å². The molecule has 1 fully saturated rings. The van der Waals surface area contributed by atoms with Crippen molar-refractivity contribution in [1.29, 1.82) is 0 Å². The van der Waals surface area contributed by atoms with Crippen LogP contribution in [-0.4, -0.2) is 11.8 Å². The van der Waals surface area contributed by atoms with Crippen molar-refractivity contribution < 1.29 is 22.8 Å². The molecule has 3 unspecified atom stereocenters. The first-order valence-electron chi connectivity index (χ1n) is 8.09. The SMILES string of the molecule is NC(=O)C(NC(=O)C1CC1c1ccc(C(F)(F)F)cc1)c1ccccc1. The zero-order valence-electron chi connectivity index (χ0n) is 13.7. The lowest BCUT2D eigenvalue weighted by molar-refractivity contribution is -0.137. The molecule has 0 heterocycles. The van der Waals surface area contributed by atoms with Gasteiger partial charge in [0.05, 0.1) is 5.56 Å². The zero-order chi connectivity index (χ0) is 18.9. The van der Waals surface area contributed by atoms with E-state index in [1.54, 1.807) is 30.3 Å². The standard InChI is InChI=1S/C19H17F3N2O2/c20-19(21,22)13-8-6-11(7-9-13)14-10-15(14)18(26)24-16(17(23)25)12-4-2-1-3-5-12/h1-9,14-16H,10H2,(H2,23,25)(H,24,26). The lowest BCUT2D eigenvalue weighted by Crippen LogP contribution is -2.38. The molecular formula is C19H17F3N2O2. The molecule has 0 spiro atoms. The van der Waals surface area contributed by atoms with Gasteiger partial charge in [0, 0.05) is 5.92 Å². The van der Waals surface area contributed by atoms with Gasteiger partial charge < -0.3 is 11.1 Å². The maximum Gasteiger partial charge on any atom is 0.416 e. The van der Waals surface area contributed by atoms with Crippen LogP contribution in [0.1, 0.15) is 35.1 Å². The molecule has 0 radical (unpaired) electrons. The molecule has 0 saturated heterocycles. The number of hydrogen-bond donors (Lipinski definition) is 2. The number of primary amides is 1. The first kappa shape index (κ1) is 18.0. The molecule has 7 heteroatoms. The molecule has 3 N–H and O–H groups in total. The molecule has 2 amide bonds. The van der Waals surface area contributed by atoms with E-state index in [0.29, 0.717) is 17.5 Å². The van der Waals surface area contributed by atoms with Gasteiger partial charge in [0.25, 0.3) is 0 Å². The minimum atomic E-state index is -4.39. The molecule has 2 aromatic carbocycles. The Labute approximate surface area is 148 Å². The van der Waals surface area contributed by atoms with E-state index in [4.69, 9.17) is 5.73 Å². The van der Waals surface area contributed by atoms with Crippen LogP contribution >= 0.6 is 0 Å². The maximum atomic E-state index is 12.6. The summed E-state index contributed by atoms with van der Waals surface area (Å²) in [5, 5.41) is 2.64. The Hall–Kier alpha value is -2.83. The Morgan fingerprint density at radius 1 is 1.04 bits per heavy atom. The molecule has 3 rings (SSSR count). The van der Waals surface area contributed by atoms with E-state index in [2.05, 4.69) is 5.32 Å². The van der Waals surface area contributed by atoms with Gasteiger partial charge in [-0.2, -0.15) is 13.2 Å². The van der Waals surface area contributed by atoms with Gasteiger partial charge >= 0.3 is 6.18 Å². The van der Waals surface area contributed by atoms with Crippen molar-refractivity contribution in [2.45, 2.75) is 24.6 Å². The molecule has 26 heavy (non-hydrogen) atoms. The second-order valence-electron chi connectivity index (χ2n) is 6.32.